The number of aliphatic hydroxyl groups excluding tert-OH is 1. The van der Waals surface area contributed by atoms with Crippen LogP contribution in [0.5, 0.6) is 0 Å². The maximum absolute atomic E-state index is 12.8. The molecule has 1 aromatic heterocycles. The van der Waals surface area contributed by atoms with E-state index in [1.54, 1.807) is 13.1 Å². The number of hydrogen-bond donors (Lipinski definition) is 3. The number of ether oxygens (including phenoxy) is 2. The second kappa shape index (κ2) is 14.3. The third kappa shape index (κ3) is 8.37. The van der Waals surface area contributed by atoms with Crippen LogP contribution in [0.2, 0.25) is 0 Å². The number of aryl methyl sites for hydroxylation is 1. The molecule has 2 rings (SSSR count). The second-order valence-electron chi connectivity index (χ2n) is 7.30. The molecule has 32 heavy (non-hydrogen) atoms. The lowest BCUT2D eigenvalue weighted by Gasteiger charge is -2.31. The van der Waals surface area contributed by atoms with Crippen molar-refractivity contribution in [3.8, 4) is 0 Å². The normalized spacial score (nSPS) is 16.8. The third-order valence-electron chi connectivity index (χ3n) is 4.79. The summed E-state index contributed by atoms with van der Waals surface area (Å²) in [5, 5.41) is 9.97. The van der Waals surface area contributed by atoms with Gasteiger partial charge in [-0.15, -0.1) is 0 Å². The van der Waals surface area contributed by atoms with Crippen LogP contribution in [0, 0.1) is 6.92 Å². The van der Waals surface area contributed by atoms with Crippen molar-refractivity contribution in [1.29, 1.82) is 0 Å². The molecule has 1 amide bonds. The molecule has 0 aromatic carbocycles. The Labute approximate surface area is 191 Å². The van der Waals surface area contributed by atoms with Gasteiger partial charge in [0.15, 0.2) is 5.90 Å². The molecular weight excluding hydrogens is 410 g/mol. The predicted octanol–water partition coefficient (Wildman–Crippen LogP) is 2.85. The monoisotopic (exact) mass is 449 g/mol. The highest BCUT2D eigenvalue weighted by molar-refractivity contribution is 5.79. The van der Waals surface area contributed by atoms with Crippen molar-refractivity contribution >= 4 is 12.0 Å². The molecule has 0 saturated heterocycles. The largest absolute Gasteiger partial charge is 0.478 e. The predicted molar refractivity (Wildman–Crippen MR) is 126 cm³/mol. The first-order valence-corrected chi connectivity index (χ1v) is 11.3. The summed E-state index contributed by atoms with van der Waals surface area (Å²) < 4.78 is 11.0. The fourth-order valence-corrected chi connectivity index (χ4v) is 3.11. The Bertz CT molecular complexity index is 764. The Kier molecular flexibility index (Phi) is 12.2. The van der Waals surface area contributed by atoms with Crippen LogP contribution in [0.1, 0.15) is 58.2 Å². The Morgan fingerprint density at radius 1 is 1.31 bits per heavy atom. The summed E-state index contributed by atoms with van der Waals surface area (Å²) in [7, 11) is 0. The molecule has 180 valence electrons. The minimum Gasteiger partial charge on any atom is -0.478 e. The summed E-state index contributed by atoms with van der Waals surface area (Å²) >= 11 is 0. The Balaban J connectivity index is 0.00000249. The van der Waals surface area contributed by atoms with E-state index in [4.69, 9.17) is 20.9 Å². The molecule has 2 heterocycles. The Morgan fingerprint density at radius 3 is 2.62 bits per heavy atom. The van der Waals surface area contributed by atoms with E-state index in [0.29, 0.717) is 23.7 Å². The molecule has 1 unspecified atom stereocenters. The zero-order valence-corrected chi connectivity index (χ0v) is 20.0. The molecule has 0 radical (unpaired) electrons. The average molecular weight is 450 g/mol. The highest BCUT2D eigenvalue weighted by Gasteiger charge is 2.32. The molecule has 2 atom stereocenters. The van der Waals surface area contributed by atoms with Gasteiger partial charge in [-0.05, 0) is 31.9 Å². The number of rotatable bonds is 8. The van der Waals surface area contributed by atoms with Crippen LogP contribution in [0.3, 0.4) is 0 Å². The molecule has 9 heteroatoms. The Hall–Kier alpha value is -2.81. The fourth-order valence-electron chi connectivity index (χ4n) is 3.11. The van der Waals surface area contributed by atoms with Crippen LogP contribution in [-0.2, 0) is 16.0 Å². The van der Waals surface area contributed by atoms with Crippen LogP contribution in [0.25, 0.3) is 0 Å². The molecule has 0 fully saturated rings. The fraction of sp³-hybridized carbons (Fsp3) is 0.609. The van der Waals surface area contributed by atoms with Gasteiger partial charge in [-0.2, -0.15) is 0 Å². The van der Waals surface area contributed by atoms with Gasteiger partial charge in [-0.25, -0.2) is 9.79 Å². The van der Waals surface area contributed by atoms with E-state index in [0.717, 1.165) is 17.7 Å². The lowest BCUT2D eigenvalue weighted by molar-refractivity contribution is 0.0834. The summed E-state index contributed by atoms with van der Waals surface area (Å²) in [5.74, 6) is 0.398. The highest BCUT2D eigenvalue weighted by atomic mass is 16.6. The topological polar surface area (TPSA) is 136 Å². The quantitative estimate of drug-likeness (QED) is 0.555. The molecule has 1 aliphatic rings. The maximum atomic E-state index is 12.8. The van der Waals surface area contributed by atoms with Gasteiger partial charge in [-0.3, -0.25) is 9.88 Å². The van der Waals surface area contributed by atoms with E-state index in [9.17, 15) is 9.90 Å². The van der Waals surface area contributed by atoms with Gasteiger partial charge in [0, 0.05) is 18.3 Å². The summed E-state index contributed by atoms with van der Waals surface area (Å²) in [5.41, 5.74) is 14.9. The SMILES string of the molecule is CC.CCC[C@H](O)COC1=NCC(N)=C(N)C(N(Cc2ccc(C)nc2)C(=O)OCC)C1. The number of amides is 1. The van der Waals surface area contributed by atoms with Gasteiger partial charge in [-0.1, -0.05) is 33.3 Å². The van der Waals surface area contributed by atoms with Crippen molar-refractivity contribution in [2.24, 2.45) is 16.5 Å². The van der Waals surface area contributed by atoms with E-state index in [2.05, 4.69) is 9.98 Å². The van der Waals surface area contributed by atoms with Gasteiger partial charge >= 0.3 is 6.09 Å². The number of aliphatic hydroxyl groups is 1. The molecule has 9 nitrogen and oxygen atoms in total. The van der Waals surface area contributed by atoms with Crippen LogP contribution < -0.4 is 11.5 Å². The van der Waals surface area contributed by atoms with Crippen LogP contribution in [0.15, 0.2) is 34.7 Å². The van der Waals surface area contributed by atoms with Crippen molar-refractivity contribution in [1.82, 2.24) is 9.88 Å². The number of nitrogens with two attached hydrogens (primary N) is 2. The number of aliphatic imine (C=N–C) groups is 1. The smallest absolute Gasteiger partial charge is 0.410 e. The summed E-state index contributed by atoms with van der Waals surface area (Å²) in [6.45, 7) is 10.4. The van der Waals surface area contributed by atoms with E-state index in [1.165, 1.54) is 4.90 Å². The molecule has 1 aromatic rings. The summed E-state index contributed by atoms with van der Waals surface area (Å²) in [4.78, 5) is 23.0. The van der Waals surface area contributed by atoms with E-state index < -0.39 is 18.2 Å². The third-order valence-corrected chi connectivity index (χ3v) is 4.79. The van der Waals surface area contributed by atoms with Crippen molar-refractivity contribution in [2.75, 3.05) is 19.8 Å². The number of hydrogen-bond acceptors (Lipinski definition) is 8. The first-order valence-electron chi connectivity index (χ1n) is 11.3. The molecule has 1 aliphatic heterocycles. The number of nitrogens with zero attached hydrogens (tertiary/aromatic N) is 3. The molecule has 5 N–H and O–H groups in total. The first-order chi connectivity index (χ1) is 15.3. The van der Waals surface area contributed by atoms with Crippen LogP contribution in [-0.4, -0.2) is 58.9 Å². The highest BCUT2D eigenvalue weighted by Crippen LogP contribution is 2.21. The lowest BCUT2D eigenvalue weighted by Crippen LogP contribution is -2.45. The van der Waals surface area contributed by atoms with Gasteiger partial charge in [0.05, 0.1) is 43.2 Å². The molecule has 0 spiro atoms. The number of carbonyl (C=O) groups is 1. The van der Waals surface area contributed by atoms with Crippen molar-refractivity contribution in [2.45, 2.75) is 72.6 Å². The Morgan fingerprint density at radius 2 is 2.03 bits per heavy atom. The summed E-state index contributed by atoms with van der Waals surface area (Å²) in [6, 6.07) is 3.20. The molecule has 0 saturated carbocycles. The zero-order chi connectivity index (χ0) is 24.1. The minimum atomic E-state index is -0.588. The molecular formula is C23H39N5O4. The zero-order valence-electron chi connectivity index (χ0n) is 20.0. The lowest BCUT2D eigenvalue weighted by atomic mass is 10.1. The first kappa shape index (κ1) is 27.2. The van der Waals surface area contributed by atoms with Crippen molar-refractivity contribution in [3.05, 3.63) is 41.0 Å². The van der Waals surface area contributed by atoms with Crippen molar-refractivity contribution < 1.29 is 19.4 Å². The molecule has 0 bridgehead atoms. The number of aromatic nitrogens is 1. The van der Waals surface area contributed by atoms with E-state index in [-0.39, 0.29) is 32.7 Å². The van der Waals surface area contributed by atoms with Gasteiger partial charge < -0.3 is 26.0 Å². The number of carbonyl (C=O) groups excluding carboxylic acids is 1. The van der Waals surface area contributed by atoms with Crippen LogP contribution in [0.4, 0.5) is 4.79 Å². The van der Waals surface area contributed by atoms with E-state index >= 15 is 0 Å². The van der Waals surface area contributed by atoms with Gasteiger partial charge in [0.25, 0.3) is 0 Å². The van der Waals surface area contributed by atoms with Crippen molar-refractivity contribution in [3.63, 3.8) is 0 Å². The maximum Gasteiger partial charge on any atom is 0.410 e. The number of pyridine rings is 1. The van der Waals surface area contributed by atoms with Gasteiger partial charge in [0.2, 0.25) is 0 Å². The standard InChI is InChI=1S/C21H33N5O4.C2H6/c1-4-6-16(27)13-30-19-9-18(20(23)17(22)11-25-19)26(21(28)29-5-2)12-15-8-7-14(3)24-10-15;1-2/h7-8,10,16,18,27H,4-6,9,11-13,22-23H2,1-3H3;1-2H3/t16-,18?;/m0./s1. The average Bonchev–Trinajstić information content (AvgIpc) is 2.92. The van der Waals surface area contributed by atoms with Crippen LogP contribution >= 0.6 is 0 Å². The second-order valence-corrected chi connectivity index (χ2v) is 7.30. The molecule has 0 aliphatic carbocycles. The van der Waals surface area contributed by atoms with E-state index in [1.807, 2.05) is 39.8 Å². The minimum absolute atomic E-state index is 0.125. The summed E-state index contributed by atoms with van der Waals surface area (Å²) in [6.07, 6.45) is 2.35. The van der Waals surface area contributed by atoms with Gasteiger partial charge in [0.1, 0.15) is 6.61 Å².